The van der Waals surface area contributed by atoms with Crippen LogP contribution in [0.2, 0.25) is 0 Å². The highest BCUT2D eigenvalue weighted by atomic mass is 32.2. The first-order valence-electron chi connectivity index (χ1n) is 10.5. The quantitative estimate of drug-likeness (QED) is 0.196. The van der Waals surface area contributed by atoms with Crippen LogP contribution in [0.25, 0.3) is 0 Å². The Kier molecular flexibility index (Phi) is 7.86. The standard InChI is InChI=1S/C21H26N6O7S/c1-11-19(12(2)33-25-11)35(30,31)27-17(21(29)32-3)10-24-18(28)9-15-8-16(26-34-15)13-4-6-14(7-5-13)20(22)23/h4-7,15,17,27H,8-10H2,1-3H3,(H3,22,23)(H,24,28)/t15-,17+/m0/s1. The highest BCUT2D eigenvalue weighted by molar-refractivity contribution is 7.89. The number of esters is 1. The van der Waals surface area contributed by atoms with Crippen molar-refractivity contribution in [2.45, 2.75) is 43.7 Å². The average Bonchev–Trinajstić information content (AvgIpc) is 3.42. The number of aromatic nitrogens is 1. The zero-order valence-corrected chi connectivity index (χ0v) is 20.1. The van der Waals surface area contributed by atoms with Gasteiger partial charge in [-0.05, 0) is 19.4 Å². The summed E-state index contributed by atoms with van der Waals surface area (Å²) in [5.41, 5.74) is 7.58. The first-order chi connectivity index (χ1) is 16.5. The van der Waals surface area contributed by atoms with Crippen molar-refractivity contribution in [3.63, 3.8) is 0 Å². The largest absolute Gasteiger partial charge is 0.468 e. The number of nitrogens with one attached hydrogen (secondary N) is 3. The van der Waals surface area contributed by atoms with Crippen LogP contribution in [0.4, 0.5) is 0 Å². The molecule has 35 heavy (non-hydrogen) atoms. The second-order valence-electron chi connectivity index (χ2n) is 7.82. The number of carbonyl (C=O) groups excluding carboxylic acids is 2. The third-order valence-corrected chi connectivity index (χ3v) is 6.91. The van der Waals surface area contributed by atoms with Crippen LogP contribution in [-0.4, -0.2) is 62.8 Å². The van der Waals surface area contributed by atoms with Crippen molar-refractivity contribution < 1.29 is 32.1 Å². The first-order valence-corrected chi connectivity index (χ1v) is 12.0. The predicted octanol–water partition coefficient (Wildman–Crippen LogP) is 0.0949. The van der Waals surface area contributed by atoms with Gasteiger partial charge in [0.2, 0.25) is 15.9 Å². The van der Waals surface area contributed by atoms with E-state index in [1.165, 1.54) is 13.8 Å². The van der Waals surface area contributed by atoms with Crippen LogP contribution in [0.1, 0.15) is 35.4 Å². The van der Waals surface area contributed by atoms with Gasteiger partial charge in [-0.2, -0.15) is 4.72 Å². The van der Waals surface area contributed by atoms with Gasteiger partial charge in [0.15, 0.2) is 5.76 Å². The maximum atomic E-state index is 12.7. The van der Waals surface area contributed by atoms with Crippen molar-refractivity contribution in [3.8, 4) is 0 Å². The maximum Gasteiger partial charge on any atom is 0.325 e. The molecule has 1 aromatic heterocycles. The summed E-state index contributed by atoms with van der Waals surface area (Å²) in [6.07, 6.45) is -0.234. The molecule has 188 valence electrons. The zero-order valence-electron chi connectivity index (χ0n) is 19.3. The molecule has 13 nitrogen and oxygen atoms in total. The molecule has 1 aliphatic heterocycles. The van der Waals surface area contributed by atoms with E-state index in [4.69, 9.17) is 20.5 Å². The summed E-state index contributed by atoms with van der Waals surface area (Å²) in [7, 11) is -3.07. The SMILES string of the molecule is COC(=O)[C@@H](CNC(=O)C[C@@H]1CC(c2ccc(C(=N)N)cc2)=NO1)NS(=O)(=O)c1c(C)noc1C. The number of amidine groups is 1. The molecule has 2 atom stereocenters. The third kappa shape index (κ3) is 6.22. The number of amides is 1. The molecular formula is C21H26N6O7S. The summed E-state index contributed by atoms with van der Waals surface area (Å²) in [5, 5.41) is 17.6. The Hall–Kier alpha value is -3.78. The van der Waals surface area contributed by atoms with E-state index in [9.17, 15) is 18.0 Å². The molecule has 0 spiro atoms. The van der Waals surface area contributed by atoms with Gasteiger partial charge >= 0.3 is 5.97 Å². The number of benzene rings is 1. The minimum atomic E-state index is -4.17. The fraction of sp³-hybridized carbons (Fsp3) is 0.381. The number of sulfonamides is 1. The van der Waals surface area contributed by atoms with Gasteiger partial charge in [-0.25, -0.2) is 8.42 Å². The Morgan fingerprint density at radius 3 is 2.54 bits per heavy atom. The van der Waals surface area contributed by atoms with Crippen LogP contribution < -0.4 is 15.8 Å². The van der Waals surface area contributed by atoms with E-state index in [0.29, 0.717) is 17.7 Å². The number of hydrogen-bond donors (Lipinski definition) is 4. The van der Waals surface area contributed by atoms with Gasteiger partial charge in [0, 0.05) is 18.5 Å². The molecule has 5 N–H and O–H groups in total. The fourth-order valence-electron chi connectivity index (χ4n) is 3.47. The van der Waals surface area contributed by atoms with E-state index in [0.717, 1.165) is 12.7 Å². The number of nitrogens with two attached hydrogens (primary N) is 1. The Balaban J connectivity index is 1.56. The number of nitrogens with zero attached hydrogens (tertiary/aromatic N) is 2. The highest BCUT2D eigenvalue weighted by Crippen LogP contribution is 2.20. The number of aryl methyl sites for hydroxylation is 2. The smallest absolute Gasteiger partial charge is 0.325 e. The molecule has 1 aromatic carbocycles. The van der Waals surface area contributed by atoms with Crippen LogP contribution in [-0.2, 0) is 29.2 Å². The first kappa shape index (κ1) is 25.8. The number of ether oxygens (including phenoxy) is 1. The second kappa shape index (κ2) is 10.7. The Morgan fingerprint density at radius 1 is 1.29 bits per heavy atom. The Morgan fingerprint density at radius 2 is 1.97 bits per heavy atom. The van der Waals surface area contributed by atoms with E-state index < -0.39 is 34.0 Å². The second-order valence-corrected chi connectivity index (χ2v) is 9.47. The van der Waals surface area contributed by atoms with Gasteiger partial charge < -0.3 is 25.1 Å². The van der Waals surface area contributed by atoms with Crippen molar-refractivity contribution in [2.75, 3.05) is 13.7 Å². The number of carbonyl (C=O) groups is 2. The van der Waals surface area contributed by atoms with E-state index in [1.54, 1.807) is 24.3 Å². The van der Waals surface area contributed by atoms with Crippen molar-refractivity contribution in [2.24, 2.45) is 10.9 Å². The Bertz CT molecular complexity index is 1230. The van der Waals surface area contributed by atoms with Gasteiger partial charge in [0.05, 0.1) is 19.2 Å². The molecule has 0 unspecified atom stereocenters. The molecule has 0 radical (unpaired) electrons. The van der Waals surface area contributed by atoms with Crippen LogP contribution in [0.15, 0.2) is 38.8 Å². The molecule has 2 heterocycles. The average molecular weight is 507 g/mol. The van der Waals surface area contributed by atoms with Crippen molar-refractivity contribution in [1.29, 1.82) is 5.41 Å². The number of hydrogen-bond acceptors (Lipinski definition) is 10. The lowest BCUT2D eigenvalue weighted by molar-refractivity contribution is -0.142. The number of rotatable bonds is 10. The van der Waals surface area contributed by atoms with Crippen LogP contribution in [0.3, 0.4) is 0 Å². The number of methoxy groups -OCH3 is 1. The van der Waals surface area contributed by atoms with E-state index >= 15 is 0 Å². The number of nitrogen functional groups attached to an aromatic ring is 1. The minimum Gasteiger partial charge on any atom is -0.468 e. The fourth-order valence-corrected chi connectivity index (χ4v) is 4.98. The Labute approximate surface area is 201 Å². The summed E-state index contributed by atoms with van der Waals surface area (Å²) in [6.45, 7) is 2.54. The summed E-state index contributed by atoms with van der Waals surface area (Å²) >= 11 is 0. The van der Waals surface area contributed by atoms with Gasteiger partial charge in [-0.1, -0.05) is 34.6 Å². The molecule has 0 saturated heterocycles. The minimum absolute atomic E-state index is 0.0463. The van der Waals surface area contributed by atoms with Crippen LogP contribution >= 0.6 is 0 Å². The molecular weight excluding hydrogens is 480 g/mol. The molecule has 0 saturated carbocycles. The molecule has 1 aliphatic rings. The lowest BCUT2D eigenvalue weighted by atomic mass is 10.0. The van der Waals surface area contributed by atoms with Crippen LogP contribution in [0, 0.1) is 19.3 Å². The monoisotopic (exact) mass is 506 g/mol. The zero-order chi connectivity index (χ0) is 25.8. The molecule has 2 aromatic rings. The molecule has 0 fully saturated rings. The maximum absolute atomic E-state index is 12.7. The summed E-state index contributed by atoms with van der Waals surface area (Å²) in [4.78, 5) is 29.8. The van der Waals surface area contributed by atoms with Crippen molar-refractivity contribution >= 4 is 33.4 Å². The molecule has 0 bridgehead atoms. The summed E-state index contributed by atoms with van der Waals surface area (Å²) in [6, 6.07) is 5.52. The van der Waals surface area contributed by atoms with Crippen molar-refractivity contribution in [1.82, 2.24) is 15.2 Å². The molecule has 3 rings (SSSR count). The van der Waals surface area contributed by atoms with Gasteiger partial charge in [-0.15, -0.1) is 0 Å². The lowest BCUT2D eigenvalue weighted by Crippen LogP contribution is -2.49. The summed E-state index contributed by atoms with van der Waals surface area (Å²) < 4.78 is 37.2. The number of oxime groups is 1. The topological polar surface area (TPSA) is 199 Å². The summed E-state index contributed by atoms with van der Waals surface area (Å²) in [5.74, 6) is -1.33. The van der Waals surface area contributed by atoms with Crippen LogP contribution in [0.5, 0.6) is 0 Å². The lowest BCUT2D eigenvalue weighted by Gasteiger charge is -2.17. The highest BCUT2D eigenvalue weighted by Gasteiger charge is 2.32. The van der Waals surface area contributed by atoms with Crippen molar-refractivity contribution in [3.05, 3.63) is 46.8 Å². The molecule has 14 heteroatoms. The van der Waals surface area contributed by atoms with E-state index in [1.807, 2.05) is 0 Å². The normalized spacial score (nSPS) is 16.2. The van der Waals surface area contributed by atoms with Gasteiger partial charge in [-0.3, -0.25) is 15.0 Å². The van der Waals surface area contributed by atoms with Gasteiger partial charge in [0.25, 0.3) is 0 Å². The van der Waals surface area contributed by atoms with E-state index in [2.05, 4.69) is 25.1 Å². The van der Waals surface area contributed by atoms with Gasteiger partial charge in [0.1, 0.15) is 28.6 Å². The third-order valence-electron chi connectivity index (χ3n) is 5.20. The van der Waals surface area contributed by atoms with E-state index in [-0.39, 0.29) is 35.2 Å². The predicted molar refractivity (Wildman–Crippen MR) is 123 cm³/mol. The molecule has 1 amide bonds. The molecule has 0 aliphatic carbocycles.